The predicted octanol–water partition coefficient (Wildman–Crippen LogP) is 4.17. The predicted molar refractivity (Wildman–Crippen MR) is 71.8 cm³/mol. The highest BCUT2D eigenvalue weighted by atomic mass is 19.4. The molecule has 2 rings (SSSR count). The summed E-state index contributed by atoms with van der Waals surface area (Å²) in [6, 6.07) is 6.85. The average molecular weight is 287 g/mol. The van der Waals surface area contributed by atoms with Crippen LogP contribution in [0.1, 0.15) is 38.2 Å². The summed E-state index contributed by atoms with van der Waals surface area (Å²) in [5, 5.41) is 0. The Hall–Kier alpha value is -1.23. The number of benzene rings is 1. The quantitative estimate of drug-likeness (QED) is 0.827. The molecule has 20 heavy (non-hydrogen) atoms. The molecule has 1 fully saturated rings. The Morgan fingerprint density at radius 3 is 2.10 bits per heavy atom. The minimum absolute atomic E-state index is 0.152. The zero-order valence-corrected chi connectivity index (χ0v) is 11.8. The van der Waals surface area contributed by atoms with Crippen LogP contribution in [0, 0.1) is 0 Å². The fraction of sp³-hybridized carbons (Fsp3) is 0.600. The van der Waals surface area contributed by atoms with E-state index in [0.717, 1.165) is 31.5 Å². The van der Waals surface area contributed by atoms with Crippen LogP contribution >= 0.6 is 0 Å². The number of ether oxygens (including phenoxy) is 1. The molecule has 0 radical (unpaired) electrons. The summed E-state index contributed by atoms with van der Waals surface area (Å²) in [7, 11) is 0. The fourth-order valence-electron chi connectivity index (χ4n) is 2.69. The Labute approximate surface area is 117 Å². The van der Waals surface area contributed by atoms with Gasteiger partial charge in [-0.3, -0.25) is 0 Å². The molecule has 0 spiro atoms. The Morgan fingerprint density at radius 1 is 1.10 bits per heavy atom. The minimum atomic E-state index is -4.62. The molecule has 0 saturated carbocycles. The highest BCUT2D eigenvalue weighted by Gasteiger charge is 2.31. The minimum Gasteiger partial charge on any atom is -0.406 e. The summed E-state index contributed by atoms with van der Waals surface area (Å²) in [6.07, 6.45) is -2.51. The van der Waals surface area contributed by atoms with Crippen LogP contribution in [0.3, 0.4) is 0 Å². The van der Waals surface area contributed by atoms with Crippen LogP contribution in [0.2, 0.25) is 0 Å². The van der Waals surface area contributed by atoms with Gasteiger partial charge in [0.25, 0.3) is 0 Å². The monoisotopic (exact) mass is 287 g/mol. The summed E-state index contributed by atoms with van der Waals surface area (Å²) < 4.78 is 40.1. The van der Waals surface area contributed by atoms with E-state index in [1.165, 1.54) is 12.1 Å². The maximum atomic E-state index is 12.1. The number of likely N-dealkylation sites (tertiary alicyclic amines) is 1. The molecule has 1 aromatic carbocycles. The van der Waals surface area contributed by atoms with Crippen molar-refractivity contribution < 1.29 is 17.9 Å². The number of hydrogen-bond donors (Lipinski definition) is 0. The van der Waals surface area contributed by atoms with E-state index < -0.39 is 6.36 Å². The van der Waals surface area contributed by atoms with E-state index in [2.05, 4.69) is 23.5 Å². The highest BCUT2D eigenvalue weighted by Crippen LogP contribution is 2.31. The molecule has 0 amide bonds. The van der Waals surface area contributed by atoms with Crippen molar-refractivity contribution in [2.75, 3.05) is 13.1 Å². The van der Waals surface area contributed by atoms with Crippen LogP contribution in [0.4, 0.5) is 13.2 Å². The van der Waals surface area contributed by atoms with Crippen LogP contribution in [-0.4, -0.2) is 30.4 Å². The molecule has 112 valence electrons. The second kappa shape index (κ2) is 6.04. The highest BCUT2D eigenvalue weighted by molar-refractivity contribution is 5.29. The molecule has 1 aliphatic rings. The molecule has 0 bridgehead atoms. The Balaban J connectivity index is 1.94. The molecule has 2 nitrogen and oxygen atoms in total. The maximum Gasteiger partial charge on any atom is 0.573 e. The van der Waals surface area contributed by atoms with Gasteiger partial charge in [0.15, 0.2) is 0 Å². The van der Waals surface area contributed by atoms with Crippen molar-refractivity contribution >= 4 is 0 Å². The summed E-state index contributed by atoms with van der Waals surface area (Å²) in [5.41, 5.74) is 1.10. The molecular weight excluding hydrogens is 267 g/mol. The van der Waals surface area contributed by atoms with Gasteiger partial charge < -0.3 is 9.64 Å². The molecule has 0 unspecified atom stereocenters. The van der Waals surface area contributed by atoms with E-state index in [4.69, 9.17) is 0 Å². The van der Waals surface area contributed by atoms with Gasteiger partial charge in [-0.25, -0.2) is 0 Å². The van der Waals surface area contributed by atoms with Gasteiger partial charge in [-0.15, -0.1) is 13.2 Å². The van der Waals surface area contributed by atoms with E-state index in [1.54, 1.807) is 12.1 Å². The topological polar surface area (TPSA) is 12.5 Å². The van der Waals surface area contributed by atoms with Gasteiger partial charge in [-0.2, -0.15) is 0 Å². The summed E-state index contributed by atoms with van der Waals surface area (Å²) in [6.45, 7) is 6.46. The van der Waals surface area contributed by atoms with Gasteiger partial charge in [0.1, 0.15) is 5.75 Å². The second-order valence-corrected chi connectivity index (χ2v) is 5.52. The van der Waals surface area contributed by atoms with Crippen LogP contribution in [0.5, 0.6) is 5.75 Å². The maximum absolute atomic E-state index is 12.1. The first kappa shape index (κ1) is 15.2. The van der Waals surface area contributed by atoms with E-state index >= 15 is 0 Å². The third kappa shape index (κ3) is 4.13. The van der Waals surface area contributed by atoms with Crippen molar-refractivity contribution in [3.8, 4) is 5.75 Å². The summed E-state index contributed by atoms with van der Waals surface area (Å²) in [5.74, 6) is 0.283. The zero-order valence-electron chi connectivity index (χ0n) is 11.8. The van der Waals surface area contributed by atoms with Crippen molar-refractivity contribution in [2.24, 2.45) is 0 Å². The zero-order chi connectivity index (χ0) is 14.8. The molecule has 0 aliphatic carbocycles. The molecule has 1 aromatic rings. The molecule has 1 saturated heterocycles. The average Bonchev–Trinajstić information content (AvgIpc) is 2.38. The molecular formula is C15H20F3NO. The SMILES string of the molecule is CC(C)N1CCC(c2ccc(OC(F)(F)F)cc2)CC1. The number of rotatable bonds is 3. The van der Waals surface area contributed by atoms with Crippen molar-refractivity contribution in [1.29, 1.82) is 0 Å². The van der Waals surface area contributed by atoms with E-state index in [0.29, 0.717) is 12.0 Å². The van der Waals surface area contributed by atoms with Gasteiger partial charge in [0.2, 0.25) is 0 Å². The van der Waals surface area contributed by atoms with Crippen LogP contribution in [-0.2, 0) is 0 Å². The van der Waals surface area contributed by atoms with Gasteiger partial charge >= 0.3 is 6.36 Å². The molecule has 0 aromatic heterocycles. The standard InChI is InChI=1S/C15H20F3NO/c1-11(2)19-9-7-13(8-10-19)12-3-5-14(6-4-12)20-15(16,17)18/h3-6,11,13H,7-10H2,1-2H3. The second-order valence-electron chi connectivity index (χ2n) is 5.52. The largest absolute Gasteiger partial charge is 0.573 e. The molecule has 1 aliphatic heterocycles. The normalized spacial score (nSPS) is 18.5. The summed E-state index contributed by atoms with van der Waals surface area (Å²) >= 11 is 0. The van der Waals surface area contributed by atoms with Gasteiger partial charge in [0, 0.05) is 6.04 Å². The van der Waals surface area contributed by atoms with Crippen molar-refractivity contribution in [1.82, 2.24) is 4.90 Å². The van der Waals surface area contributed by atoms with E-state index in [-0.39, 0.29) is 5.75 Å². The Morgan fingerprint density at radius 2 is 1.65 bits per heavy atom. The molecule has 5 heteroatoms. The van der Waals surface area contributed by atoms with Crippen molar-refractivity contribution in [3.63, 3.8) is 0 Å². The lowest BCUT2D eigenvalue weighted by atomic mass is 9.89. The Kier molecular flexibility index (Phi) is 4.58. The molecule has 0 N–H and O–H groups in total. The van der Waals surface area contributed by atoms with E-state index in [1.807, 2.05) is 0 Å². The lowest BCUT2D eigenvalue weighted by Crippen LogP contribution is -2.37. The number of piperidine rings is 1. The number of halogens is 3. The Bertz CT molecular complexity index is 420. The third-order valence-corrected chi connectivity index (χ3v) is 3.84. The number of nitrogens with zero attached hydrogens (tertiary/aromatic N) is 1. The first-order valence-corrected chi connectivity index (χ1v) is 6.95. The van der Waals surface area contributed by atoms with Gasteiger partial charge in [-0.05, 0) is 63.4 Å². The van der Waals surface area contributed by atoms with Crippen LogP contribution in [0.15, 0.2) is 24.3 Å². The van der Waals surface area contributed by atoms with Crippen molar-refractivity contribution in [3.05, 3.63) is 29.8 Å². The smallest absolute Gasteiger partial charge is 0.406 e. The number of hydrogen-bond acceptors (Lipinski definition) is 2. The number of alkyl halides is 3. The lowest BCUT2D eigenvalue weighted by Gasteiger charge is -2.34. The van der Waals surface area contributed by atoms with E-state index in [9.17, 15) is 13.2 Å². The fourth-order valence-corrected chi connectivity index (χ4v) is 2.69. The first-order chi connectivity index (χ1) is 9.35. The van der Waals surface area contributed by atoms with Crippen LogP contribution < -0.4 is 4.74 Å². The molecule has 0 atom stereocenters. The van der Waals surface area contributed by atoms with Crippen LogP contribution in [0.25, 0.3) is 0 Å². The first-order valence-electron chi connectivity index (χ1n) is 6.95. The molecule has 1 heterocycles. The van der Waals surface area contributed by atoms with Crippen molar-refractivity contribution in [2.45, 2.75) is 45.0 Å². The lowest BCUT2D eigenvalue weighted by molar-refractivity contribution is -0.274. The summed E-state index contributed by atoms with van der Waals surface area (Å²) in [4.78, 5) is 2.43. The van der Waals surface area contributed by atoms with Gasteiger partial charge in [-0.1, -0.05) is 12.1 Å². The third-order valence-electron chi connectivity index (χ3n) is 3.84. The van der Waals surface area contributed by atoms with Gasteiger partial charge in [0.05, 0.1) is 0 Å².